The second kappa shape index (κ2) is 10.1. The van der Waals surface area contributed by atoms with Crippen LogP contribution in [0.15, 0.2) is 35.3 Å². The first-order chi connectivity index (χ1) is 16.8. The first kappa shape index (κ1) is 25.3. The molecule has 0 unspecified atom stereocenters. The third kappa shape index (κ3) is 5.57. The van der Waals surface area contributed by atoms with Gasteiger partial charge in [0.1, 0.15) is 5.69 Å². The van der Waals surface area contributed by atoms with Gasteiger partial charge in [0.25, 0.3) is 11.5 Å². The molecular weight excluding hydrogens is 450 g/mol. The molecule has 0 bridgehead atoms. The highest BCUT2D eigenvalue weighted by atomic mass is 19.3. The van der Waals surface area contributed by atoms with Gasteiger partial charge in [-0.1, -0.05) is 19.9 Å². The van der Waals surface area contributed by atoms with Gasteiger partial charge >= 0.3 is 0 Å². The maximum absolute atomic E-state index is 13.5. The van der Waals surface area contributed by atoms with Crippen LogP contribution >= 0.6 is 0 Å². The Morgan fingerprint density at radius 3 is 2.31 bits per heavy atom. The SMILES string of the molecule is CC.Cc1ccc(C(=O)Nc2ccnn(C3CCC(F)(F)CC3)c2=O)c(N2CCC3(CC2)CC3)c1. The third-order valence-electron chi connectivity index (χ3n) is 7.67. The topological polar surface area (TPSA) is 67.2 Å². The highest BCUT2D eigenvalue weighted by molar-refractivity contribution is 6.08. The van der Waals surface area contributed by atoms with Gasteiger partial charge in [-0.15, -0.1) is 0 Å². The van der Waals surface area contributed by atoms with E-state index in [1.807, 2.05) is 39.0 Å². The van der Waals surface area contributed by atoms with Crippen LogP contribution in [0.1, 0.15) is 87.2 Å². The summed E-state index contributed by atoms with van der Waals surface area (Å²) in [5, 5.41) is 6.87. The Bertz CT molecular complexity index is 1110. The van der Waals surface area contributed by atoms with E-state index in [9.17, 15) is 18.4 Å². The molecule has 5 rings (SSSR count). The molecule has 2 heterocycles. The lowest BCUT2D eigenvalue weighted by Gasteiger charge is -2.35. The fraction of sp³-hybridized carbons (Fsp3) is 0.593. The minimum Gasteiger partial charge on any atom is -0.371 e. The van der Waals surface area contributed by atoms with E-state index in [1.165, 1.54) is 29.8 Å². The second-order valence-corrected chi connectivity index (χ2v) is 10.0. The van der Waals surface area contributed by atoms with Gasteiger partial charge in [-0.3, -0.25) is 9.59 Å². The van der Waals surface area contributed by atoms with E-state index in [1.54, 1.807) is 0 Å². The van der Waals surface area contributed by atoms with Crippen molar-refractivity contribution in [1.82, 2.24) is 9.78 Å². The van der Waals surface area contributed by atoms with Gasteiger partial charge in [0.2, 0.25) is 5.92 Å². The van der Waals surface area contributed by atoms with Crippen molar-refractivity contribution in [2.24, 2.45) is 5.41 Å². The predicted molar refractivity (Wildman–Crippen MR) is 135 cm³/mol. The normalized spacial score (nSPS) is 20.7. The maximum Gasteiger partial charge on any atom is 0.290 e. The zero-order valence-corrected chi connectivity index (χ0v) is 20.9. The number of carbonyl (C=O) groups excluding carboxylic acids is 1. The number of aromatic nitrogens is 2. The van der Waals surface area contributed by atoms with Crippen molar-refractivity contribution in [2.75, 3.05) is 23.3 Å². The van der Waals surface area contributed by atoms with Crippen molar-refractivity contribution >= 4 is 17.3 Å². The van der Waals surface area contributed by atoms with Crippen LogP contribution in [0.4, 0.5) is 20.2 Å². The van der Waals surface area contributed by atoms with Crippen molar-refractivity contribution in [2.45, 2.75) is 84.1 Å². The molecule has 3 fully saturated rings. The zero-order valence-electron chi connectivity index (χ0n) is 20.9. The fourth-order valence-electron chi connectivity index (χ4n) is 5.24. The van der Waals surface area contributed by atoms with E-state index >= 15 is 0 Å². The van der Waals surface area contributed by atoms with E-state index in [0.717, 1.165) is 37.2 Å². The molecule has 6 nitrogen and oxygen atoms in total. The number of hydrogen-bond acceptors (Lipinski definition) is 4. The summed E-state index contributed by atoms with van der Waals surface area (Å²) in [7, 11) is 0. The average Bonchev–Trinajstić information content (AvgIpc) is 3.61. The third-order valence-corrected chi connectivity index (χ3v) is 7.67. The summed E-state index contributed by atoms with van der Waals surface area (Å²) < 4.78 is 28.3. The molecule has 1 aliphatic heterocycles. The van der Waals surface area contributed by atoms with Gasteiger partial charge < -0.3 is 10.2 Å². The van der Waals surface area contributed by atoms with Crippen LogP contribution in [0, 0.1) is 12.3 Å². The number of hydrogen-bond donors (Lipinski definition) is 1. The Hall–Kier alpha value is -2.77. The molecule has 2 aromatic rings. The first-order valence-corrected chi connectivity index (χ1v) is 12.9. The lowest BCUT2D eigenvalue weighted by atomic mass is 9.92. The Morgan fingerprint density at radius 2 is 1.69 bits per heavy atom. The molecule has 190 valence electrons. The second-order valence-electron chi connectivity index (χ2n) is 10.0. The van der Waals surface area contributed by atoms with Crippen molar-refractivity contribution in [3.05, 3.63) is 51.9 Å². The molecule has 1 aromatic carbocycles. The predicted octanol–water partition coefficient (Wildman–Crippen LogP) is 5.96. The molecule has 0 radical (unpaired) electrons. The number of nitrogens with one attached hydrogen (secondary N) is 1. The van der Waals surface area contributed by atoms with Gasteiger partial charge in [-0.05, 0) is 74.6 Å². The summed E-state index contributed by atoms with van der Waals surface area (Å²) in [4.78, 5) is 28.5. The molecule has 3 aliphatic rings. The van der Waals surface area contributed by atoms with Crippen LogP contribution in [0.2, 0.25) is 0 Å². The molecule has 1 N–H and O–H groups in total. The highest BCUT2D eigenvalue weighted by Gasteiger charge is 2.44. The number of amides is 1. The fourth-order valence-corrected chi connectivity index (χ4v) is 5.24. The number of rotatable bonds is 4. The number of halogens is 2. The standard InChI is InChI=1S/C25H30F2N4O2.C2H6/c1-17-2-3-19(21(16-17)30-14-11-24(9-10-24)12-15-30)22(32)29-20-6-13-28-31(23(20)33)18-4-7-25(26,27)8-5-18;1-2/h2-3,6,13,16,18H,4-5,7-12,14-15H2,1H3,(H,29,32);1-2H3. The van der Waals surface area contributed by atoms with E-state index in [2.05, 4.69) is 15.3 Å². The molecule has 8 heteroatoms. The number of alkyl halides is 2. The number of carbonyl (C=O) groups is 1. The lowest BCUT2D eigenvalue weighted by Crippen LogP contribution is -2.36. The Morgan fingerprint density at radius 1 is 1.03 bits per heavy atom. The Kier molecular flexibility index (Phi) is 7.29. The zero-order chi connectivity index (χ0) is 25.2. The lowest BCUT2D eigenvalue weighted by molar-refractivity contribution is -0.0454. The van der Waals surface area contributed by atoms with Crippen LogP contribution in [0.5, 0.6) is 0 Å². The molecule has 2 saturated carbocycles. The van der Waals surface area contributed by atoms with Crippen LogP contribution in [0.3, 0.4) is 0 Å². The first-order valence-electron chi connectivity index (χ1n) is 12.9. The Balaban J connectivity index is 0.00000141. The minimum absolute atomic E-state index is 0.120. The average molecular weight is 487 g/mol. The summed E-state index contributed by atoms with van der Waals surface area (Å²) in [6, 6.07) is 6.83. The van der Waals surface area contributed by atoms with Crippen molar-refractivity contribution in [1.29, 1.82) is 0 Å². The van der Waals surface area contributed by atoms with E-state index < -0.39 is 11.5 Å². The smallest absolute Gasteiger partial charge is 0.290 e. The van der Waals surface area contributed by atoms with E-state index in [0.29, 0.717) is 11.0 Å². The van der Waals surface area contributed by atoms with Crippen LogP contribution in [-0.4, -0.2) is 34.7 Å². The molecule has 1 amide bonds. The molecular formula is C27H36F2N4O2. The van der Waals surface area contributed by atoms with E-state index in [-0.39, 0.29) is 43.3 Å². The minimum atomic E-state index is -2.68. The molecule has 0 atom stereocenters. The summed E-state index contributed by atoms with van der Waals surface area (Å²) >= 11 is 0. The Labute approximate surface area is 205 Å². The van der Waals surface area contributed by atoms with Gasteiger partial charge in [0, 0.05) is 37.8 Å². The van der Waals surface area contributed by atoms with Crippen molar-refractivity contribution in [3.8, 4) is 0 Å². The van der Waals surface area contributed by atoms with E-state index in [4.69, 9.17) is 0 Å². The number of nitrogens with zero attached hydrogens (tertiary/aromatic N) is 3. The largest absolute Gasteiger partial charge is 0.371 e. The molecule has 1 saturated heterocycles. The van der Waals surface area contributed by atoms with Gasteiger partial charge in [-0.25, -0.2) is 13.5 Å². The summed E-state index contributed by atoms with van der Waals surface area (Å²) in [6.45, 7) is 7.86. The summed E-state index contributed by atoms with van der Waals surface area (Å²) in [5.74, 6) is -3.02. The van der Waals surface area contributed by atoms with Gasteiger partial charge in [-0.2, -0.15) is 5.10 Å². The highest BCUT2D eigenvalue weighted by Crippen LogP contribution is 2.54. The molecule has 35 heavy (non-hydrogen) atoms. The van der Waals surface area contributed by atoms with Gasteiger partial charge in [0.15, 0.2) is 0 Å². The summed E-state index contributed by atoms with van der Waals surface area (Å²) in [6.07, 6.45) is 6.24. The van der Waals surface area contributed by atoms with Crippen molar-refractivity contribution in [3.63, 3.8) is 0 Å². The van der Waals surface area contributed by atoms with Crippen LogP contribution in [0.25, 0.3) is 0 Å². The van der Waals surface area contributed by atoms with Crippen molar-refractivity contribution < 1.29 is 13.6 Å². The number of benzene rings is 1. The number of piperidine rings is 1. The molecule has 1 spiro atoms. The number of aryl methyl sites for hydroxylation is 1. The monoisotopic (exact) mass is 486 g/mol. The number of anilines is 2. The van der Waals surface area contributed by atoms with Crippen LogP contribution < -0.4 is 15.8 Å². The summed E-state index contributed by atoms with van der Waals surface area (Å²) in [5.41, 5.74) is 2.71. The molecule has 2 aliphatic carbocycles. The van der Waals surface area contributed by atoms with Gasteiger partial charge in [0.05, 0.1) is 11.6 Å². The maximum atomic E-state index is 13.5. The quantitative estimate of drug-likeness (QED) is 0.579. The molecule has 1 aromatic heterocycles. The van der Waals surface area contributed by atoms with Crippen LogP contribution in [-0.2, 0) is 0 Å².